The minimum Gasteiger partial charge on any atom is -0.350 e. The molecule has 1 aromatic heterocycles. The van der Waals surface area contributed by atoms with Crippen LogP contribution in [-0.4, -0.2) is 22.4 Å². The smallest absolute Gasteiger partial charge is 0.248 e. The molecule has 1 aliphatic rings. The van der Waals surface area contributed by atoms with Crippen molar-refractivity contribution in [1.82, 2.24) is 9.88 Å². The molecule has 0 saturated carbocycles. The Morgan fingerprint density at radius 2 is 2.00 bits per heavy atom. The Morgan fingerprint density at radius 1 is 1.24 bits per heavy atom. The molecular weight excluding hydrogens is 264 g/mol. The monoisotopic (exact) mass is 280 g/mol. The Bertz CT molecular complexity index is 580. The Morgan fingerprint density at radius 3 is 2.67 bits per heavy atom. The summed E-state index contributed by atoms with van der Waals surface area (Å²) in [7, 11) is 0. The Kier molecular flexibility index (Phi) is 3.79. The SMILES string of the molecule is C=CC(=O)N1[C@@H](c2ccccn2)OC[C@H]1c1ccccc1. The van der Waals surface area contributed by atoms with Crippen LogP contribution >= 0.6 is 0 Å². The first-order valence-corrected chi connectivity index (χ1v) is 6.83. The van der Waals surface area contributed by atoms with Gasteiger partial charge in [0.15, 0.2) is 6.23 Å². The molecule has 4 heteroatoms. The number of carbonyl (C=O) groups is 1. The maximum atomic E-state index is 12.3. The number of carbonyl (C=O) groups excluding carboxylic acids is 1. The largest absolute Gasteiger partial charge is 0.350 e. The minimum absolute atomic E-state index is 0.122. The molecular formula is C17H16N2O2. The average Bonchev–Trinajstić information content (AvgIpc) is 3.00. The fourth-order valence-electron chi connectivity index (χ4n) is 2.56. The first kappa shape index (κ1) is 13.5. The number of hydrogen-bond acceptors (Lipinski definition) is 3. The molecule has 0 N–H and O–H groups in total. The molecule has 4 nitrogen and oxygen atoms in total. The van der Waals surface area contributed by atoms with Crippen molar-refractivity contribution in [2.45, 2.75) is 12.3 Å². The van der Waals surface area contributed by atoms with Gasteiger partial charge in [-0.1, -0.05) is 43.0 Å². The third-order valence-electron chi connectivity index (χ3n) is 3.55. The molecule has 0 spiro atoms. The van der Waals surface area contributed by atoms with Gasteiger partial charge in [-0.15, -0.1) is 0 Å². The quantitative estimate of drug-likeness (QED) is 0.812. The van der Waals surface area contributed by atoms with Crippen molar-refractivity contribution in [1.29, 1.82) is 0 Å². The van der Waals surface area contributed by atoms with Crippen LogP contribution in [0.25, 0.3) is 0 Å². The van der Waals surface area contributed by atoms with Gasteiger partial charge in [0.25, 0.3) is 0 Å². The predicted octanol–water partition coefficient (Wildman–Crippen LogP) is 2.87. The van der Waals surface area contributed by atoms with Gasteiger partial charge in [-0.05, 0) is 23.8 Å². The molecule has 1 fully saturated rings. The molecule has 2 aromatic rings. The van der Waals surface area contributed by atoms with Crippen molar-refractivity contribution >= 4 is 5.91 Å². The van der Waals surface area contributed by atoms with E-state index < -0.39 is 6.23 Å². The summed E-state index contributed by atoms with van der Waals surface area (Å²) in [6.07, 6.45) is 2.55. The Labute approximate surface area is 123 Å². The van der Waals surface area contributed by atoms with Gasteiger partial charge < -0.3 is 4.74 Å². The van der Waals surface area contributed by atoms with E-state index in [1.807, 2.05) is 48.5 Å². The Hall–Kier alpha value is -2.46. The second-order valence-corrected chi connectivity index (χ2v) is 4.82. The van der Waals surface area contributed by atoms with Crippen LogP contribution < -0.4 is 0 Å². The minimum atomic E-state index is -0.470. The Balaban J connectivity index is 1.97. The number of pyridine rings is 1. The van der Waals surface area contributed by atoms with Gasteiger partial charge in [0.05, 0.1) is 18.3 Å². The fraction of sp³-hybridized carbons (Fsp3) is 0.176. The van der Waals surface area contributed by atoms with Crippen LogP contribution in [0.5, 0.6) is 0 Å². The topological polar surface area (TPSA) is 42.4 Å². The van der Waals surface area contributed by atoms with Crippen LogP contribution in [0, 0.1) is 0 Å². The van der Waals surface area contributed by atoms with Crippen LogP contribution in [0.15, 0.2) is 67.4 Å². The van der Waals surface area contributed by atoms with Crippen molar-refractivity contribution in [2.75, 3.05) is 6.61 Å². The van der Waals surface area contributed by atoms with E-state index >= 15 is 0 Å². The molecule has 1 aliphatic heterocycles. The summed E-state index contributed by atoms with van der Waals surface area (Å²) >= 11 is 0. The van der Waals surface area contributed by atoms with E-state index in [9.17, 15) is 4.79 Å². The van der Waals surface area contributed by atoms with Gasteiger partial charge in [0.2, 0.25) is 5.91 Å². The van der Waals surface area contributed by atoms with Crippen LogP contribution in [0.4, 0.5) is 0 Å². The molecule has 1 aromatic carbocycles. The van der Waals surface area contributed by atoms with E-state index in [4.69, 9.17) is 4.74 Å². The van der Waals surface area contributed by atoms with Gasteiger partial charge in [-0.3, -0.25) is 14.7 Å². The highest BCUT2D eigenvalue weighted by Gasteiger charge is 2.39. The summed E-state index contributed by atoms with van der Waals surface area (Å²) in [5.41, 5.74) is 1.78. The first-order valence-electron chi connectivity index (χ1n) is 6.83. The molecule has 0 radical (unpaired) electrons. The van der Waals surface area contributed by atoms with Crippen LogP contribution in [-0.2, 0) is 9.53 Å². The maximum Gasteiger partial charge on any atom is 0.248 e. The second kappa shape index (κ2) is 5.89. The molecule has 0 aliphatic carbocycles. The van der Waals surface area contributed by atoms with Gasteiger partial charge in [-0.2, -0.15) is 0 Å². The molecule has 106 valence electrons. The van der Waals surface area contributed by atoms with E-state index in [0.717, 1.165) is 11.3 Å². The number of amides is 1. The lowest BCUT2D eigenvalue weighted by molar-refractivity contribution is -0.133. The van der Waals surface area contributed by atoms with Crippen molar-refractivity contribution < 1.29 is 9.53 Å². The first-order chi connectivity index (χ1) is 10.3. The number of nitrogens with zero attached hydrogens (tertiary/aromatic N) is 2. The normalized spacial score (nSPS) is 21.2. The van der Waals surface area contributed by atoms with E-state index in [1.54, 1.807) is 11.1 Å². The molecule has 2 heterocycles. The summed E-state index contributed by atoms with van der Waals surface area (Å²) in [5, 5.41) is 0. The van der Waals surface area contributed by atoms with Gasteiger partial charge in [0, 0.05) is 6.20 Å². The van der Waals surface area contributed by atoms with Crippen LogP contribution in [0.1, 0.15) is 23.5 Å². The number of rotatable bonds is 3. The standard InChI is InChI=1S/C17H16N2O2/c1-2-16(20)19-15(13-8-4-3-5-9-13)12-21-17(19)14-10-6-7-11-18-14/h2-11,15,17H,1,12H2/t15-,17+/m0/s1. The summed E-state index contributed by atoms with van der Waals surface area (Å²) in [4.78, 5) is 18.3. The highest BCUT2D eigenvalue weighted by atomic mass is 16.5. The third kappa shape index (κ3) is 2.58. The van der Waals surface area contributed by atoms with E-state index in [1.165, 1.54) is 6.08 Å². The zero-order chi connectivity index (χ0) is 14.7. The average molecular weight is 280 g/mol. The predicted molar refractivity (Wildman–Crippen MR) is 79.2 cm³/mol. The molecule has 2 atom stereocenters. The summed E-state index contributed by atoms with van der Waals surface area (Å²) in [5.74, 6) is -0.156. The van der Waals surface area contributed by atoms with E-state index in [2.05, 4.69) is 11.6 Å². The molecule has 21 heavy (non-hydrogen) atoms. The number of hydrogen-bond donors (Lipinski definition) is 0. The summed E-state index contributed by atoms with van der Waals surface area (Å²) in [6, 6.07) is 15.3. The fourth-order valence-corrected chi connectivity index (χ4v) is 2.56. The van der Waals surface area contributed by atoms with Gasteiger partial charge >= 0.3 is 0 Å². The summed E-state index contributed by atoms with van der Waals surface area (Å²) < 4.78 is 5.84. The number of aromatic nitrogens is 1. The second-order valence-electron chi connectivity index (χ2n) is 4.82. The molecule has 1 amide bonds. The van der Waals surface area contributed by atoms with Crippen molar-refractivity contribution in [3.8, 4) is 0 Å². The van der Waals surface area contributed by atoms with Crippen molar-refractivity contribution in [3.05, 3.63) is 78.6 Å². The molecule has 1 saturated heterocycles. The molecule has 0 unspecified atom stereocenters. The van der Waals surface area contributed by atoms with Crippen LogP contribution in [0.2, 0.25) is 0 Å². The van der Waals surface area contributed by atoms with Crippen molar-refractivity contribution in [2.24, 2.45) is 0 Å². The maximum absolute atomic E-state index is 12.3. The summed E-state index contributed by atoms with van der Waals surface area (Å²) in [6.45, 7) is 4.04. The van der Waals surface area contributed by atoms with Gasteiger partial charge in [0.1, 0.15) is 0 Å². The molecule has 3 rings (SSSR count). The number of benzene rings is 1. The highest BCUT2D eigenvalue weighted by Crippen LogP contribution is 2.37. The lowest BCUT2D eigenvalue weighted by Gasteiger charge is -2.27. The highest BCUT2D eigenvalue weighted by molar-refractivity contribution is 5.87. The third-order valence-corrected chi connectivity index (χ3v) is 3.55. The molecule has 0 bridgehead atoms. The van der Waals surface area contributed by atoms with Gasteiger partial charge in [-0.25, -0.2) is 0 Å². The zero-order valence-electron chi connectivity index (χ0n) is 11.6. The lowest BCUT2D eigenvalue weighted by atomic mass is 10.1. The van der Waals surface area contributed by atoms with E-state index in [-0.39, 0.29) is 11.9 Å². The van der Waals surface area contributed by atoms with Crippen molar-refractivity contribution in [3.63, 3.8) is 0 Å². The lowest BCUT2D eigenvalue weighted by Crippen LogP contribution is -2.32. The zero-order valence-corrected chi connectivity index (χ0v) is 11.6. The number of ether oxygens (including phenoxy) is 1. The van der Waals surface area contributed by atoms with E-state index in [0.29, 0.717) is 6.61 Å². The van der Waals surface area contributed by atoms with Crippen LogP contribution in [0.3, 0.4) is 0 Å².